The number of nitrogens with zero attached hydrogens (tertiary/aromatic N) is 1. The van der Waals surface area contributed by atoms with Gasteiger partial charge in [0.2, 0.25) is 0 Å². The molecule has 0 unspecified atom stereocenters. The molecule has 3 heteroatoms. The third-order valence-electron chi connectivity index (χ3n) is 3.10. The Balaban J connectivity index is 1.79. The van der Waals surface area contributed by atoms with E-state index in [0.29, 0.717) is 0 Å². The van der Waals surface area contributed by atoms with Crippen molar-refractivity contribution in [3.05, 3.63) is 40.9 Å². The number of aliphatic hydroxyl groups excluding tert-OH is 1. The molecule has 1 aromatic carbocycles. The topological polar surface area (TPSA) is 23.5 Å². The maximum absolute atomic E-state index is 9.40. The number of halogens is 1. The standard InChI is InChI=1S/C14H18ClNO/c15-13-5-3-12(4-6-13)2-1-9-16-10-7-14(17)8-11-16/h1-6,14,17H,7-11H2/b2-1+. The van der Waals surface area contributed by atoms with E-state index >= 15 is 0 Å². The molecule has 92 valence electrons. The van der Waals surface area contributed by atoms with Gasteiger partial charge in [-0.15, -0.1) is 0 Å². The molecule has 1 aliphatic rings. The Morgan fingerprint density at radius 3 is 2.53 bits per heavy atom. The van der Waals surface area contributed by atoms with Gasteiger partial charge >= 0.3 is 0 Å². The van der Waals surface area contributed by atoms with Crippen LogP contribution in [0.4, 0.5) is 0 Å². The molecule has 0 aliphatic carbocycles. The van der Waals surface area contributed by atoms with Gasteiger partial charge in [0.1, 0.15) is 0 Å². The fraction of sp³-hybridized carbons (Fsp3) is 0.429. The number of aliphatic hydroxyl groups is 1. The Labute approximate surface area is 108 Å². The number of likely N-dealkylation sites (tertiary alicyclic amines) is 1. The van der Waals surface area contributed by atoms with Crippen molar-refractivity contribution < 1.29 is 5.11 Å². The molecule has 0 atom stereocenters. The van der Waals surface area contributed by atoms with Gasteiger partial charge in [-0.05, 0) is 30.5 Å². The minimum Gasteiger partial charge on any atom is -0.393 e. The van der Waals surface area contributed by atoms with Crippen LogP contribution in [0.1, 0.15) is 18.4 Å². The molecule has 2 nitrogen and oxygen atoms in total. The quantitative estimate of drug-likeness (QED) is 0.893. The predicted molar refractivity (Wildman–Crippen MR) is 72.2 cm³/mol. The maximum Gasteiger partial charge on any atom is 0.0564 e. The third-order valence-corrected chi connectivity index (χ3v) is 3.35. The Morgan fingerprint density at radius 1 is 1.24 bits per heavy atom. The van der Waals surface area contributed by atoms with Gasteiger partial charge in [-0.25, -0.2) is 0 Å². The van der Waals surface area contributed by atoms with Gasteiger partial charge in [-0.1, -0.05) is 35.9 Å². The average Bonchev–Trinajstić information content (AvgIpc) is 2.34. The molecule has 0 radical (unpaired) electrons. The van der Waals surface area contributed by atoms with Crippen LogP contribution in [-0.4, -0.2) is 35.7 Å². The first-order chi connectivity index (χ1) is 8.24. The lowest BCUT2D eigenvalue weighted by molar-refractivity contribution is 0.0881. The first-order valence-electron chi connectivity index (χ1n) is 6.06. The molecule has 1 N–H and O–H groups in total. The van der Waals surface area contributed by atoms with E-state index in [0.717, 1.165) is 37.5 Å². The molecule has 1 fully saturated rings. The summed E-state index contributed by atoms with van der Waals surface area (Å²) >= 11 is 5.83. The number of hydrogen-bond acceptors (Lipinski definition) is 2. The maximum atomic E-state index is 9.40. The molecule has 1 saturated heterocycles. The summed E-state index contributed by atoms with van der Waals surface area (Å²) in [6, 6.07) is 7.83. The van der Waals surface area contributed by atoms with Gasteiger partial charge in [-0.2, -0.15) is 0 Å². The van der Waals surface area contributed by atoms with E-state index in [2.05, 4.69) is 17.1 Å². The van der Waals surface area contributed by atoms with Crippen LogP contribution >= 0.6 is 11.6 Å². The molecule has 0 saturated carbocycles. The lowest BCUT2D eigenvalue weighted by atomic mass is 10.1. The average molecular weight is 252 g/mol. The highest BCUT2D eigenvalue weighted by molar-refractivity contribution is 6.30. The number of piperidine rings is 1. The molecule has 1 heterocycles. The Hall–Kier alpha value is -0.830. The minimum atomic E-state index is -0.0912. The second-order valence-electron chi connectivity index (χ2n) is 4.49. The SMILES string of the molecule is OC1CCN(C/C=C/c2ccc(Cl)cc2)CC1. The van der Waals surface area contributed by atoms with Crippen LogP contribution < -0.4 is 0 Å². The number of benzene rings is 1. The fourth-order valence-corrected chi connectivity index (χ4v) is 2.14. The largest absolute Gasteiger partial charge is 0.393 e. The highest BCUT2D eigenvalue weighted by Gasteiger charge is 2.15. The van der Waals surface area contributed by atoms with Crippen molar-refractivity contribution in [3.63, 3.8) is 0 Å². The molecule has 1 aliphatic heterocycles. The number of hydrogen-bond donors (Lipinski definition) is 1. The number of rotatable bonds is 3. The van der Waals surface area contributed by atoms with Gasteiger partial charge in [0.15, 0.2) is 0 Å². The van der Waals surface area contributed by atoms with Crippen molar-refractivity contribution in [2.45, 2.75) is 18.9 Å². The summed E-state index contributed by atoms with van der Waals surface area (Å²) in [5.41, 5.74) is 1.17. The molecule has 2 rings (SSSR count). The molecule has 0 amide bonds. The summed E-state index contributed by atoms with van der Waals surface area (Å²) in [6.07, 6.45) is 5.98. The van der Waals surface area contributed by atoms with Gasteiger partial charge in [-0.3, -0.25) is 4.90 Å². The van der Waals surface area contributed by atoms with Crippen LogP contribution in [0.3, 0.4) is 0 Å². The van der Waals surface area contributed by atoms with Crippen molar-refractivity contribution in [1.82, 2.24) is 4.90 Å². The summed E-state index contributed by atoms with van der Waals surface area (Å²) in [4.78, 5) is 2.36. The van der Waals surface area contributed by atoms with Crippen LogP contribution in [0.15, 0.2) is 30.3 Å². The minimum absolute atomic E-state index is 0.0912. The van der Waals surface area contributed by atoms with Crippen molar-refractivity contribution in [3.8, 4) is 0 Å². The first kappa shape index (κ1) is 12.6. The zero-order valence-electron chi connectivity index (χ0n) is 9.85. The second kappa shape index (κ2) is 6.20. The molecular formula is C14H18ClNO. The van der Waals surface area contributed by atoms with Crippen LogP contribution in [0, 0.1) is 0 Å². The van der Waals surface area contributed by atoms with Crippen molar-refractivity contribution in [2.24, 2.45) is 0 Å². The van der Waals surface area contributed by atoms with E-state index in [1.165, 1.54) is 5.56 Å². The molecule has 0 aromatic heterocycles. The van der Waals surface area contributed by atoms with E-state index < -0.39 is 0 Å². The van der Waals surface area contributed by atoms with Gasteiger partial charge in [0, 0.05) is 24.7 Å². The normalized spacial score (nSPS) is 18.9. The smallest absolute Gasteiger partial charge is 0.0564 e. The van der Waals surface area contributed by atoms with Crippen LogP contribution in [0.2, 0.25) is 5.02 Å². The van der Waals surface area contributed by atoms with Gasteiger partial charge in [0.25, 0.3) is 0 Å². The van der Waals surface area contributed by atoms with Crippen molar-refractivity contribution >= 4 is 17.7 Å². The van der Waals surface area contributed by atoms with E-state index in [1.807, 2.05) is 24.3 Å². The molecule has 17 heavy (non-hydrogen) atoms. The second-order valence-corrected chi connectivity index (χ2v) is 4.92. The third kappa shape index (κ3) is 4.15. The summed E-state index contributed by atoms with van der Waals surface area (Å²) in [6.45, 7) is 2.94. The Morgan fingerprint density at radius 2 is 1.88 bits per heavy atom. The summed E-state index contributed by atoms with van der Waals surface area (Å²) in [7, 11) is 0. The Kier molecular flexibility index (Phi) is 4.60. The summed E-state index contributed by atoms with van der Waals surface area (Å²) < 4.78 is 0. The van der Waals surface area contributed by atoms with Crippen molar-refractivity contribution in [1.29, 1.82) is 0 Å². The lowest BCUT2D eigenvalue weighted by Gasteiger charge is -2.28. The van der Waals surface area contributed by atoms with E-state index in [-0.39, 0.29) is 6.10 Å². The molecule has 0 spiro atoms. The summed E-state index contributed by atoms with van der Waals surface area (Å²) in [5, 5.41) is 10.2. The van der Waals surface area contributed by atoms with Crippen LogP contribution in [0.5, 0.6) is 0 Å². The molecule has 1 aromatic rings. The zero-order valence-corrected chi connectivity index (χ0v) is 10.6. The van der Waals surface area contributed by atoms with Crippen LogP contribution in [-0.2, 0) is 0 Å². The van der Waals surface area contributed by atoms with E-state index in [9.17, 15) is 5.11 Å². The molecule has 0 bridgehead atoms. The zero-order chi connectivity index (χ0) is 12.1. The van der Waals surface area contributed by atoms with Crippen molar-refractivity contribution in [2.75, 3.05) is 19.6 Å². The van der Waals surface area contributed by atoms with Gasteiger partial charge < -0.3 is 5.11 Å². The molecular weight excluding hydrogens is 234 g/mol. The fourth-order valence-electron chi connectivity index (χ4n) is 2.01. The highest BCUT2D eigenvalue weighted by Crippen LogP contribution is 2.12. The summed E-state index contributed by atoms with van der Waals surface area (Å²) in [5.74, 6) is 0. The lowest BCUT2D eigenvalue weighted by Crippen LogP contribution is -2.35. The van der Waals surface area contributed by atoms with Gasteiger partial charge in [0.05, 0.1) is 6.10 Å². The van der Waals surface area contributed by atoms with E-state index in [4.69, 9.17) is 11.6 Å². The highest BCUT2D eigenvalue weighted by atomic mass is 35.5. The first-order valence-corrected chi connectivity index (χ1v) is 6.44. The van der Waals surface area contributed by atoms with Crippen LogP contribution in [0.25, 0.3) is 6.08 Å². The monoisotopic (exact) mass is 251 g/mol. The predicted octanol–water partition coefficient (Wildman–Crippen LogP) is 2.81. The van der Waals surface area contributed by atoms with E-state index in [1.54, 1.807) is 0 Å². The Bertz CT molecular complexity index is 366.